The van der Waals surface area contributed by atoms with E-state index in [2.05, 4.69) is 5.32 Å². The quantitative estimate of drug-likeness (QED) is 0.461. The van der Waals surface area contributed by atoms with Crippen molar-refractivity contribution in [2.24, 2.45) is 5.73 Å². The molecule has 2 amide bonds. The molecule has 1 unspecified atom stereocenters. The lowest BCUT2D eigenvalue weighted by molar-refractivity contribution is -0.127. The van der Waals surface area contributed by atoms with E-state index in [0.29, 0.717) is 13.0 Å². The van der Waals surface area contributed by atoms with Crippen LogP contribution in [-0.2, 0) is 9.59 Å². The van der Waals surface area contributed by atoms with Crippen LogP contribution in [0.15, 0.2) is 0 Å². The van der Waals surface area contributed by atoms with Crippen molar-refractivity contribution in [1.82, 2.24) is 10.2 Å². The lowest BCUT2D eigenvalue weighted by Crippen LogP contribution is -2.40. The van der Waals surface area contributed by atoms with Gasteiger partial charge in [0.15, 0.2) is 0 Å². The van der Waals surface area contributed by atoms with Crippen molar-refractivity contribution in [3.05, 3.63) is 0 Å². The lowest BCUT2D eigenvalue weighted by atomic mass is 10.3. The molecule has 0 fully saturated rings. The predicted octanol–water partition coefficient (Wildman–Crippen LogP) is -2.10. The third-order valence-electron chi connectivity index (χ3n) is 1.61. The van der Waals surface area contributed by atoms with E-state index in [1.165, 1.54) is 0 Å². The number of amides is 2. The molecular formula is C8H17N3O3. The van der Waals surface area contributed by atoms with Crippen LogP contribution in [0.5, 0.6) is 0 Å². The molecular weight excluding hydrogens is 186 g/mol. The normalized spacial score (nSPS) is 12.6. The van der Waals surface area contributed by atoms with E-state index in [0.717, 1.165) is 0 Å². The van der Waals surface area contributed by atoms with E-state index in [4.69, 9.17) is 10.8 Å². The number of nitrogens with two attached hydrogens (primary N) is 1. The van der Waals surface area contributed by atoms with Crippen LogP contribution in [0.1, 0.15) is 6.42 Å². The highest BCUT2D eigenvalue weighted by Gasteiger charge is 2.11. The molecule has 0 bridgehead atoms. The lowest BCUT2D eigenvalue weighted by Gasteiger charge is -2.11. The van der Waals surface area contributed by atoms with Gasteiger partial charge in [0.05, 0.1) is 6.54 Å². The van der Waals surface area contributed by atoms with Crippen molar-refractivity contribution in [1.29, 1.82) is 0 Å². The summed E-state index contributed by atoms with van der Waals surface area (Å²) in [5.74, 6) is -1.04. The Morgan fingerprint density at radius 2 is 2.07 bits per heavy atom. The first kappa shape index (κ1) is 12.9. The minimum Gasteiger partial charge on any atom is -0.381 e. The molecule has 6 nitrogen and oxygen atoms in total. The van der Waals surface area contributed by atoms with Gasteiger partial charge in [0.2, 0.25) is 11.8 Å². The maximum absolute atomic E-state index is 11.1. The molecule has 0 spiro atoms. The van der Waals surface area contributed by atoms with E-state index in [9.17, 15) is 9.59 Å². The molecule has 14 heavy (non-hydrogen) atoms. The van der Waals surface area contributed by atoms with Crippen molar-refractivity contribution in [2.45, 2.75) is 12.5 Å². The second-order valence-electron chi connectivity index (χ2n) is 3.28. The minimum absolute atomic E-state index is 0.123. The highest BCUT2D eigenvalue weighted by molar-refractivity contribution is 5.80. The fourth-order valence-corrected chi connectivity index (χ4v) is 0.725. The van der Waals surface area contributed by atoms with E-state index in [-0.39, 0.29) is 12.5 Å². The van der Waals surface area contributed by atoms with Gasteiger partial charge in [-0.25, -0.2) is 0 Å². The van der Waals surface area contributed by atoms with Crippen molar-refractivity contribution >= 4 is 11.8 Å². The van der Waals surface area contributed by atoms with Crippen LogP contribution >= 0.6 is 0 Å². The van der Waals surface area contributed by atoms with E-state index in [1.807, 2.05) is 19.0 Å². The van der Waals surface area contributed by atoms with Crippen LogP contribution < -0.4 is 11.1 Å². The largest absolute Gasteiger partial charge is 0.381 e. The number of hydrogen-bond donors (Lipinski definition) is 3. The van der Waals surface area contributed by atoms with Gasteiger partial charge in [0, 0.05) is 13.0 Å². The van der Waals surface area contributed by atoms with Crippen molar-refractivity contribution in [2.75, 3.05) is 27.2 Å². The Morgan fingerprint density at radius 3 is 2.50 bits per heavy atom. The topological polar surface area (TPSA) is 95.7 Å². The maximum Gasteiger partial charge on any atom is 0.248 e. The SMILES string of the molecule is CN(C)CCC(=O)NCC(O)C(N)=O. The number of hydrogen-bond acceptors (Lipinski definition) is 4. The molecule has 0 aromatic carbocycles. The molecule has 0 saturated carbocycles. The molecule has 4 N–H and O–H groups in total. The molecule has 0 rings (SSSR count). The highest BCUT2D eigenvalue weighted by Crippen LogP contribution is 1.84. The molecule has 0 aromatic rings. The molecule has 1 atom stereocenters. The van der Waals surface area contributed by atoms with Crippen LogP contribution in [0.2, 0.25) is 0 Å². The standard InChI is InChI=1S/C8H17N3O3/c1-11(2)4-3-7(13)10-5-6(12)8(9)14/h6,12H,3-5H2,1-2H3,(H2,9,14)(H,10,13). The number of aliphatic hydroxyl groups is 1. The Labute approximate surface area is 83.1 Å². The first-order valence-electron chi connectivity index (χ1n) is 4.32. The van der Waals surface area contributed by atoms with Crippen LogP contribution in [-0.4, -0.2) is 55.1 Å². The minimum atomic E-state index is -1.31. The summed E-state index contributed by atoms with van der Waals surface area (Å²) in [5, 5.41) is 11.4. The molecule has 82 valence electrons. The average Bonchev–Trinajstić information content (AvgIpc) is 2.10. The van der Waals surface area contributed by atoms with E-state index >= 15 is 0 Å². The van der Waals surface area contributed by atoms with Crippen LogP contribution in [0.4, 0.5) is 0 Å². The summed E-state index contributed by atoms with van der Waals surface area (Å²) in [6.07, 6.45) is -0.975. The van der Waals surface area contributed by atoms with E-state index in [1.54, 1.807) is 0 Å². The van der Waals surface area contributed by atoms with Crippen molar-refractivity contribution < 1.29 is 14.7 Å². The summed E-state index contributed by atoms with van der Waals surface area (Å²) in [6, 6.07) is 0. The van der Waals surface area contributed by atoms with Crippen molar-refractivity contribution in [3.63, 3.8) is 0 Å². The Morgan fingerprint density at radius 1 is 1.50 bits per heavy atom. The molecule has 0 saturated heterocycles. The third kappa shape index (κ3) is 6.38. The Kier molecular flexibility index (Phi) is 5.82. The monoisotopic (exact) mass is 203 g/mol. The molecule has 0 aliphatic carbocycles. The number of carbonyl (C=O) groups excluding carboxylic acids is 2. The molecule has 0 heterocycles. The number of primary amides is 1. The van der Waals surface area contributed by atoms with Gasteiger partial charge in [-0.2, -0.15) is 0 Å². The predicted molar refractivity (Wildman–Crippen MR) is 51.4 cm³/mol. The Balaban J connectivity index is 3.59. The van der Waals surface area contributed by atoms with Gasteiger partial charge in [0.25, 0.3) is 0 Å². The third-order valence-corrected chi connectivity index (χ3v) is 1.61. The van der Waals surface area contributed by atoms with Gasteiger partial charge < -0.3 is 21.1 Å². The first-order valence-corrected chi connectivity index (χ1v) is 4.32. The molecule has 0 aromatic heterocycles. The van der Waals surface area contributed by atoms with Crippen LogP contribution in [0, 0.1) is 0 Å². The van der Waals surface area contributed by atoms with Crippen LogP contribution in [0.3, 0.4) is 0 Å². The zero-order valence-electron chi connectivity index (χ0n) is 8.49. The number of nitrogens with one attached hydrogen (secondary N) is 1. The summed E-state index contributed by atoms with van der Waals surface area (Å²) in [4.78, 5) is 23.3. The second-order valence-corrected chi connectivity index (χ2v) is 3.28. The molecule has 0 radical (unpaired) electrons. The zero-order valence-corrected chi connectivity index (χ0v) is 8.49. The first-order chi connectivity index (χ1) is 6.43. The van der Waals surface area contributed by atoms with E-state index < -0.39 is 12.0 Å². The zero-order chi connectivity index (χ0) is 11.1. The van der Waals surface area contributed by atoms with Gasteiger partial charge in [-0.05, 0) is 14.1 Å². The Bertz CT molecular complexity index is 206. The van der Waals surface area contributed by atoms with Gasteiger partial charge in [-0.1, -0.05) is 0 Å². The Hall–Kier alpha value is -1.14. The average molecular weight is 203 g/mol. The summed E-state index contributed by atoms with van der Waals surface area (Å²) in [6.45, 7) is 0.500. The van der Waals surface area contributed by atoms with Crippen molar-refractivity contribution in [3.8, 4) is 0 Å². The fourth-order valence-electron chi connectivity index (χ4n) is 0.725. The summed E-state index contributed by atoms with van der Waals surface area (Å²) in [7, 11) is 3.71. The highest BCUT2D eigenvalue weighted by atomic mass is 16.3. The van der Waals surface area contributed by atoms with Gasteiger partial charge >= 0.3 is 0 Å². The molecule has 6 heteroatoms. The summed E-state index contributed by atoms with van der Waals surface area (Å²) < 4.78 is 0. The summed E-state index contributed by atoms with van der Waals surface area (Å²) >= 11 is 0. The number of aliphatic hydroxyl groups excluding tert-OH is 1. The van der Waals surface area contributed by atoms with Gasteiger partial charge in [-0.3, -0.25) is 9.59 Å². The molecule has 0 aliphatic rings. The van der Waals surface area contributed by atoms with Gasteiger partial charge in [-0.15, -0.1) is 0 Å². The maximum atomic E-state index is 11.1. The number of rotatable bonds is 6. The van der Waals surface area contributed by atoms with Gasteiger partial charge in [0.1, 0.15) is 6.10 Å². The molecule has 0 aliphatic heterocycles. The van der Waals surface area contributed by atoms with Crippen LogP contribution in [0.25, 0.3) is 0 Å². The second kappa shape index (κ2) is 6.33. The smallest absolute Gasteiger partial charge is 0.248 e. The number of carbonyl (C=O) groups is 2. The summed E-state index contributed by atoms with van der Waals surface area (Å²) in [5.41, 5.74) is 4.80. The number of nitrogens with zero attached hydrogens (tertiary/aromatic N) is 1. The fraction of sp³-hybridized carbons (Fsp3) is 0.750.